The van der Waals surface area contributed by atoms with Gasteiger partial charge in [0, 0.05) is 6.04 Å². The predicted octanol–water partition coefficient (Wildman–Crippen LogP) is 4.78. The smallest absolute Gasteiger partial charge is 0.411 e. The highest BCUT2D eigenvalue weighted by molar-refractivity contribution is 5.70. The molecule has 0 saturated carbocycles. The fourth-order valence-electron chi connectivity index (χ4n) is 3.07. The van der Waals surface area contributed by atoms with E-state index in [2.05, 4.69) is 26.0 Å². The van der Waals surface area contributed by atoms with E-state index in [0.717, 1.165) is 12.8 Å². The van der Waals surface area contributed by atoms with Crippen LogP contribution in [0.2, 0.25) is 0 Å². The number of likely N-dealkylation sites (tertiary alicyclic amines) is 1. The molecular weight excluding hydrogens is 262 g/mol. The molecule has 0 aliphatic carbocycles. The number of rotatable bonds is 2. The van der Waals surface area contributed by atoms with Crippen molar-refractivity contribution in [3.63, 3.8) is 0 Å². The standard InChI is InChI=1S/C18H27NO2/c1-13(2)15-11-12-16(14-9-7-6-8-10-14)19(15)17(20)21-18(3,4)5/h6-10,13,15-16H,11-12H2,1-5H3. The molecule has 1 aromatic rings. The zero-order valence-electron chi connectivity index (χ0n) is 13.8. The van der Waals surface area contributed by atoms with E-state index in [1.54, 1.807) is 0 Å². The van der Waals surface area contributed by atoms with Crippen molar-refractivity contribution in [1.82, 2.24) is 4.90 Å². The Balaban J connectivity index is 2.27. The van der Waals surface area contributed by atoms with Crippen LogP contribution in [-0.4, -0.2) is 22.6 Å². The molecule has 0 aromatic heterocycles. The molecule has 1 heterocycles. The summed E-state index contributed by atoms with van der Waals surface area (Å²) < 4.78 is 5.64. The van der Waals surface area contributed by atoms with Crippen LogP contribution in [0.5, 0.6) is 0 Å². The third kappa shape index (κ3) is 3.78. The van der Waals surface area contributed by atoms with Gasteiger partial charge >= 0.3 is 6.09 Å². The lowest BCUT2D eigenvalue weighted by Crippen LogP contribution is -2.43. The van der Waals surface area contributed by atoms with Crippen molar-refractivity contribution in [3.05, 3.63) is 35.9 Å². The van der Waals surface area contributed by atoms with E-state index in [1.165, 1.54) is 5.56 Å². The second kappa shape index (κ2) is 6.08. The molecule has 1 aliphatic rings. The molecule has 0 N–H and O–H groups in total. The van der Waals surface area contributed by atoms with Gasteiger partial charge < -0.3 is 4.74 Å². The molecular formula is C18H27NO2. The summed E-state index contributed by atoms with van der Waals surface area (Å²) in [4.78, 5) is 14.6. The van der Waals surface area contributed by atoms with E-state index in [4.69, 9.17) is 4.74 Å². The third-order valence-electron chi connectivity index (χ3n) is 3.99. The first-order chi connectivity index (χ1) is 9.79. The molecule has 1 saturated heterocycles. The van der Waals surface area contributed by atoms with Crippen LogP contribution in [0.15, 0.2) is 30.3 Å². The van der Waals surface area contributed by atoms with Gasteiger partial charge in [-0.1, -0.05) is 44.2 Å². The first-order valence-corrected chi connectivity index (χ1v) is 7.86. The van der Waals surface area contributed by atoms with Crippen molar-refractivity contribution in [2.24, 2.45) is 5.92 Å². The average Bonchev–Trinajstić information content (AvgIpc) is 2.82. The molecule has 2 atom stereocenters. The van der Waals surface area contributed by atoms with Crippen molar-refractivity contribution < 1.29 is 9.53 Å². The summed E-state index contributed by atoms with van der Waals surface area (Å²) in [6.07, 6.45) is 1.86. The normalized spacial score (nSPS) is 22.7. The Hall–Kier alpha value is -1.51. The number of hydrogen-bond acceptors (Lipinski definition) is 2. The Morgan fingerprint density at radius 1 is 1.19 bits per heavy atom. The van der Waals surface area contributed by atoms with Crippen LogP contribution in [0.3, 0.4) is 0 Å². The molecule has 0 bridgehead atoms. The molecule has 2 rings (SSSR count). The quantitative estimate of drug-likeness (QED) is 0.784. The highest BCUT2D eigenvalue weighted by atomic mass is 16.6. The lowest BCUT2D eigenvalue weighted by Gasteiger charge is -2.34. The molecule has 0 radical (unpaired) electrons. The minimum Gasteiger partial charge on any atom is -0.444 e. The number of ether oxygens (including phenoxy) is 1. The molecule has 116 valence electrons. The van der Waals surface area contributed by atoms with Gasteiger partial charge in [-0.15, -0.1) is 0 Å². The van der Waals surface area contributed by atoms with Gasteiger partial charge in [0.05, 0.1) is 6.04 Å². The molecule has 3 nitrogen and oxygen atoms in total. The second-order valence-corrected chi connectivity index (χ2v) is 7.20. The fraction of sp³-hybridized carbons (Fsp3) is 0.611. The Morgan fingerprint density at radius 2 is 1.81 bits per heavy atom. The van der Waals surface area contributed by atoms with E-state index in [1.807, 2.05) is 43.9 Å². The van der Waals surface area contributed by atoms with Crippen molar-refractivity contribution in [1.29, 1.82) is 0 Å². The van der Waals surface area contributed by atoms with Crippen molar-refractivity contribution >= 4 is 6.09 Å². The topological polar surface area (TPSA) is 29.5 Å². The summed E-state index contributed by atoms with van der Waals surface area (Å²) >= 11 is 0. The third-order valence-corrected chi connectivity index (χ3v) is 3.99. The predicted molar refractivity (Wildman–Crippen MR) is 85.1 cm³/mol. The largest absolute Gasteiger partial charge is 0.444 e. The second-order valence-electron chi connectivity index (χ2n) is 7.20. The number of carbonyl (C=O) groups excluding carboxylic acids is 1. The zero-order valence-corrected chi connectivity index (χ0v) is 13.8. The lowest BCUT2D eigenvalue weighted by molar-refractivity contribution is 0.0102. The maximum Gasteiger partial charge on any atom is 0.411 e. The minimum absolute atomic E-state index is 0.133. The molecule has 3 heteroatoms. The van der Waals surface area contributed by atoms with Crippen LogP contribution in [-0.2, 0) is 4.74 Å². The van der Waals surface area contributed by atoms with Crippen molar-refractivity contribution in [2.45, 2.75) is 65.1 Å². The number of carbonyl (C=O) groups is 1. The van der Waals surface area contributed by atoms with E-state index < -0.39 is 5.60 Å². The number of hydrogen-bond donors (Lipinski definition) is 0. The van der Waals surface area contributed by atoms with Crippen LogP contribution < -0.4 is 0 Å². The minimum atomic E-state index is -0.456. The van der Waals surface area contributed by atoms with Crippen molar-refractivity contribution in [3.8, 4) is 0 Å². The Bertz CT molecular complexity index is 476. The van der Waals surface area contributed by atoms with E-state index in [0.29, 0.717) is 5.92 Å². The van der Waals surface area contributed by atoms with E-state index in [9.17, 15) is 4.79 Å². The summed E-state index contributed by atoms with van der Waals surface area (Å²) in [6.45, 7) is 10.1. The molecule has 1 aliphatic heterocycles. The highest BCUT2D eigenvalue weighted by Gasteiger charge is 2.41. The number of nitrogens with zero attached hydrogens (tertiary/aromatic N) is 1. The van der Waals surface area contributed by atoms with Gasteiger partial charge in [0.15, 0.2) is 0 Å². The van der Waals surface area contributed by atoms with Gasteiger partial charge in [0.1, 0.15) is 5.60 Å². The Kier molecular flexibility index (Phi) is 4.60. The van der Waals surface area contributed by atoms with Crippen LogP contribution in [0.25, 0.3) is 0 Å². The van der Waals surface area contributed by atoms with Gasteiger partial charge in [-0.3, -0.25) is 4.90 Å². The van der Waals surface area contributed by atoms with Crippen LogP contribution in [0.1, 0.15) is 59.1 Å². The summed E-state index contributed by atoms with van der Waals surface area (Å²) in [7, 11) is 0. The van der Waals surface area contributed by atoms with Crippen LogP contribution in [0, 0.1) is 5.92 Å². The first kappa shape index (κ1) is 15.9. The maximum absolute atomic E-state index is 12.7. The highest BCUT2D eigenvalue weighted by Crippen LogP contribution is 2.39. The van der Waals surface area contributed by atoms with Gasteiger partial charge in [0.2, 0.25) is 0 Å². The lowest BCUT2D eigenvalue weighted by atomic mass is 10.0. The van der Waals surface area contributed by atoms with Gasteiger partial charge in [0.25, 0.3) is 0 Å². The molecule has 2 unspecified atom stereocenters. The first-order valence-electron chi connectivity index (χ1n) is 7.86. The number of benzene rings is 1. The van der Waals surface area contributed by atoms with Gasteiger partial charge in [-0.25, -0.2) is 4.79 Å². The van der Waals surface area contributed by atoms with Crippen LogP contribution in [0.4, 0.5) is 4.79 Å². The van der Waals surface area contributed by atoms with Crippen molar-refractivity contribution in [2.75, 3.05) is 0 Å². The maximum atomic E-state index is 12.7. The summed E-state index contributed by atoms with van der Waals surface area (Å²) in [5.41, 5.74) is 0.745. The molecule has 0 spiro atoms. The SMILES string of the molecule is CC(C)C1CCC(c2ccccc2)N1C(=O)OC(C)(C)C. The number of amides is 1. The molecule has 21 heavy (non-hydrogen) atoms. The molecule has 1 aromatic carbocycles. The zero-order chi connectivity index (χ0) is 15.6. The summed E-state index contributed by atoms with van der Waals surface area (Å²) in [5.74, 6) is 0.436. The van der Waals surface area contributed by atoms with Gasteiger partial charge in [-0.05, 0) is 45.1 Å². The van der Waals surface area contributed by atoms with E-state index >= 15 is 0 Å². The Labute approximate surface area is 128 Å². The van der Waals surface area contributed by atoms with Gasteiger partial charge in [-0.2, -0.15) is 0 Å². The molecule has 1 amide bonds. The van der Waals surface area contributed by atoms with Crippen LogP contribution >= 0.6 is 0 Å². The van der Waals surface area contributed by atoms with E-state index in [-0.39, 0.29) is 18.2 Å². The Morgan fingerprint density at radius 3 is 2.33 bits per heavy atom. The molecule has 1 fully saturated rings. The monoisotopic (exact) mass is 289 g/mol. The summed E-state index contributed by atoms with van der Waals surface area (Å²) in [6, 6.07) is 10.7. The summed E-state index contributed by atoms with van der Waals surface area (Å²) in [5, 5.41) is 0. The fourth-order valence-corrected chi connectivity index (χ4v) is 3.07. The average molecular weight is 289 g/mol.